The first-order valence-corrected chi connectivity index (χ1v) is 10.9. The van der Waals surface area contributed by atoms with Crippen LogP contribution in [0.1, 0.15) is 5.56 Å². The molecular weight excluding hydrogens is 533 g/mol. The summed E-state index contributed by atoms with van der Waals surface area (Å²) in [7, 11) is 1.35. The number of amidine groups is 1. The molecule has 0 aliphatic carbocycles. The predicted molar refractivity (Wildman–Crippen MR) is 125 cm³/mol. The fourth-order valence-corrected chi connectivity index (χ4v) is 4.54. The molecule has 0 radical (unpaired) electrons. The van der Waals surface area contributed by atoms with Crippen molar-refractivity contribution in [3.8, 4) is 0 Å². The summed E-state index contributed by atoms with van der Waals surface area (Å²) in [6.07, 6.45) is -5.33. The number of ether oxygens (including phenoxy) is 1. The number of anilines is 1. The van der Waals surface area contributed by atoms with Gasteiger partial charge in [0, 0.05) is 22.7 Å². The van der Waals surface area contributed by atoms with Crippen LogP contribution in [0, 0.1) is 3.57 Å². The van der Waals surface area contributed by atoms with Gasteiger partial charge in [-0.25, -0.2) is 9.98 Å². The average Bonchev–Trinajstić information content (AvgIpc) is 3.32. The monoisotopic (exact) mass is 557 g/mol. The summed E-state index contributed by atoms with van der Waals surface area (Å²) in [6, 6.07) is 5.59. The molecule has 6 atom stereocenters. The molecule has 0 bridgehead atoms. The number of rotatable bonds is 5. The summed E-state index contributed by atoms with van der Waals surface area (Å²) in [4.78, 5) is 26.4. The largest absolute Gasteiger partial charge is 0.398 e. The van der Waals surface area contributed by atoms with Crippen LogP contribution in [0.2, 0.25) is 0 Å². The van der Waals surface area contributed by atoms with Crippen LogP contribution in [0.5, 0.6) is 0 Å². The molecule has 1 aromatic rings. The highest BCUT2D eigenvalue weighted by Crippen LogP contribution is 2.31. The van der Waals surface area contributed by atoms with Crippen LogP contribution in [0.25, 0.3) is 0 Å². The van der Waals surface area contributed by atoms with Gasteiger partial charge in [-0.15, -0.1) is 0 Å². The van der Waals surface area contributed by atoms with E-state index in [1.807, 2.05) is 12.1 Å². The molecule has 3 aliphatic heterocycles. The maximum absolute atomic E-state index is 11.8. The van der Waals surface area contributed by atoms with Crippen molar-refractivity contribution in [2.24, 2.45) is 20.7 Å². The summed E-state index contributed by atoms with van der Waals surface area (Å²) in [5, 5.41) is 33.4. The topological polar surface area (TPSA) is 191 Å². The van der Waals surface area contributed by atoms with E-state index in [4.69, 9.17) is 16.2 Å². The minimum atomic E-state index is -1.66. The quantitative estimate of drug-likeness (QED) is 0.173. The Kier molecular flexibility index (Phi) is 6.21. The van der Waals surface area contributed by atoms with Gasteiger partial charge in [0.1, 0.15) is 37.0 Å². The lowest BCUT2D eigenvalue weighted by molar-refractivity contribution is -0.144. The third-order valence-corrected chi connectivity index (χ3v) is 6.62. The van der Waals surface area contributed by atoms with E-state index in [2.05, 4.69) is 42.9 Å². The molecule has 0 spiro atoms. The Balaban J connectivity index is 1.54. The molecule has 172 valence electrons. The number of likely N-dealkylation sites (N-methyl/N-ethyl adjacent to an activating group) is 1. The van der Waals surface area contributed by atoms with E-state index in [0.29, 0.717) is 23.7 Å². The number of hydrogen-bond acceptors (Lipinski definition) is 11. The highest BCUT2D eigenvalue weighted by molar-refractivity contribution is 14.1. The van der Waals surface area contributed by atoms with E-state index in [0.717, 1.165) is 9.13 Å². The van der Waals surface area contributed by atoms with Gasteiger partial charge in [0.2, 0.25) is 0 Å². The van der Waals surface area contributed by atoms with Crippen LogP contribution in [-0.2, 0) is 16.0 Å². The van der Waals surface area contributed by atoms with Crippen molar-refractivity contribution in [2.45, 2.75) is 42.7 Å². The number of aliphatic imine (C=N–C) groups is 3. The molecule has 0 aromatic heterocycles. The van der Waals surface area contributed by atoms with Crippen LogP contribution < -0.4 is 16.8 Å². The molecule has 2 unspecified atom stereocenters. The maximum Gasteiger partial charge on any atom is 0.251 e. The lowest BCUT2D eigenvalue weighted by Gasteiger charge is -2.32. The lowest BCUT2D eigenvalue weighted by atomic mass is 9.94. The smallest absolute Gasteiger partial charge is 0.251 e. The highest BCUT2D eigenvalue weighted by Gasteiger charge is 2.53. The zero-order valence-corrected chi connectivity index (χ0v) is 19.2. The Bertz CT molecular complexity index is 1020. The number of carbonyl (C=O) groups excluding carboxylic acids is 1. The van der Waals surface area contributed by atoms with E-state index in [1.54, 1.807) is 6.07 Å². The second-order valence-electron chi connectivity index (χ2n) is 7.80. The van der Waals surface area contributed by atoms with Gasteiger partial charge in [-0.05, 0) is 40.3 Å². The van der Waals surface area contributed by atoms with Crippen molar-refractivity contribution in [1.29, 1.82) is 0 Å². The number of nitrogens with zero attached hydrogens (tertiary/aromatic N) is 4. The van der Waals surface area contributed by atoms with Crippen molar-refractivity contribution in [2.75, 3.05) is 19.5 Å². The number of aliphatic hydroxyl groups is 3. The Labute approximate surface area is 197 Å². The van der Waals surface area contributed by atoms with E-state index < -0.39 is 42.2 Å². The molecule has 1 saturated heterocycles. The van der Waals surface area contributed by atoms with Gasteiger partial charge in [0.05, 0.1) is 0 Å². The van der Waals surface area contributed by atoms with Crippen molar-refractivity contribution in [1.82, 2.24) is 10.2 Å². The summed E-state index contributed by atoms with van der Waals surface area (Å²) >= 11 is 2.14. The summed E-state index contributed by atoms with van der Waals surface area (Å²) in [6.45, 7) is 0.0486. The van der Waals surface area contributed by atoms with Crippen LogP contribution in [-0.4, -0.2) is 94.0 Å². The molecule has 0 saturated carbocycles. The van der Waals surface area contributed by atoms with Crippen LogP contribution in [0.15, 0.2) is 33.2 Å². The molecule has 3 aliphatic rings. The van der Waals surface area contributed by atoms with Crippen molar-refractivity contribution in [3.05, 3.63) is 27.3 Å². The number of carbonyl (C=O) groups is 1. The number of benzene rings is 1. The fourth-order valence-electron chi connectivity index (χ4n) is 3.96. The number of nitrogens with one attached hydrogen (secondary N) is 1. The van der Waals surface area contributed by atoms with Crippen LogP contribution in [0.3, 0.4) is 0 Å². The molecule has 32 heavy (non-hydrogen) atoms. The molecule has 13 heteroatoms. The number of fused-ring (bicyclic) bond motifs is 1. The fraction of sp³-hybridized carbons (Fsp3) is 0.474. The molecule has 8 N–H and O–H groups in total. The first-order valence-electron chi connectivity index (χ1n) is 9.84. The predicted octanol–water partition coefficient (Wildman–Crippen LogP) is -2.22. The van der Waals surface area contributed by atoms with Gasteiger partial charge in [-0.2, -0.15) is 0 Å². The van der Waals surface area contributed by atoms with Gasteiger partial charge in [0.15, 0.2) is 23.8 Å². The second-order valence-corrected chi connectivity index (χ2v) is 8.97. The SMILES string of the molecule is CNC(=O)C(O)[C@H]1O[C@@H](N2CN=C3C2=NC=NC3(N)Cc2ccc(N)c(I)c2)[C@H](O)[C@@H]1O. The molecule has 1 aromatic carbocycles. The Morgan fingerprint density at radius 1 is 1.44 bits per heavy atom. The van der Waals surface area contributed by atoms with Crippen molar-refractivity contribution in [3.63, 3.8) is 0 Å². The molecular formula is C19H24IN7O5. The minimum Gasteiger partial charge on any atom is -0.398 e. The van der Waals surface area contributed by atoms with Gasteiger partial charge >= 0.3 is 0 Å². The van der Waals surface area contributed by atoms with Gasteiger partial charge in [-0.3, -0.25) is 9.79 Å². The first kappa shape index (κ1) is 23.0. The summed E-state index contributed by atoms with van der Waals surface area (Å²) < 4.78 is 6.57. The normalized spacial score (nSPS) is 32.4. The molecule has 3 heterocycles. The van der Waals surface area contributed by atoms with Gasteiger partial charge in [0.25, 0.3) is 5.91 Å². The van der Waals surface area contributed by atoms with Crippen molar-refractivity contribution >= 4 is 52.1 Å². The molecule has 1 fully saturated rings. The molecule has 1 amide bonds. The highest BCUT2D eigenvalue weighted by atomic mass is 127. The zero-order chi connectivity index (χ0) is 23.2. The number of amides is 1. The lowest BCUT2D eigenvalue weighted by Crippen LogP contribution is -2.56. The van der Waals surface area contributed by atoms with Crippen LogP contribution in [0.4, 0.5) is 5.69 Å². The number of halogens is 1. The standard InChI is InChI=1S/C19H24IN7O5/c1-23-17(31)13(30)14-11(28)12(29)18(32-14)27-7-25-15-16(27)24-6-26-19(15,22)5-8-2-3-10(21)9(20)4-8/h2-4,6,11-14,18,28-30H,5,7,21-22H2,1H3,(H,23,31)/t11-,12+,13?,14-,18+,19?/m0/s1. The van der Waals surface area contributed by atoms with E-state index in [-0.39, 0.29) is 6.67 Å². The van der Waals surface area contributed by atoms with E-state index in [9.17, 15) is 20.1 Å². The summed E-state index contributed by atoms with van der Waals surface area (Å²) in [5.74, 6) is -0.388. The zero-order valence-electron chi connectivity index (χ0n) is 17.1. The van der Waals surface area contributed by atoms with E-state index >= 15 is 0 Å². The van der Waals surface area contributed by atoms with Gasteiger partial charge < -0.3 is 41.7 Å². The third kappa shape index (κ3) is 3.88. The minimum absolute atomic E-state index is 0.0486. The molecule has 12 nitrogen and oxygen atoms in total. The van der Waals surface area contributed by atoms with Gasteiger partial charge in [-0.1, -0.05) is 6.07 Å². The Morgan fingerprint density at radius 2 is 2.19 bits per heavy atom. The number of nitrogen functional groups attached to an aromatic ring is 1. The van der Waals surface area contributed by atoms with Crippen LogP contribution >= 0.6 is 22.6 Å². The Hall–Kier alpha value is -2.17. The third-order valence-electron chi connectivity index (χ3n) is 5.69. The second kappa shape index (κ2) is 8.64. The average molecular weight is 557 g/mol. The maximum atomic E-state index is 11.8. The summed E-state index contributed by atoms with van der Waals surface area (Å²) in [5.41, 5.74) is 13.3. The van der Waals surface area contributed by atoms with E-state index in [1.165, 1.54) is 18.3 Å². The number of nitrogens with two attached hydrogens (primary N) is 2. The molecule has 4 rings (SSSR count). The number of hydrogen-bond donors (Lipinski definition) is 6. The Morgan fingerprint density at radius 3 is 2.88 bits per heavy atom. The first-order chi connectivity index (χ1) is 15.2. The number of aliphatic hydroxyl groups excluding tert-OH is 3. The van der Waals surface area contributed by atoms with Crippen molar-refractivity contribution < 1.29 is 24.9 Å².